The summed E-state index contributed by atoms with van der Waals surface area (Å²) in [6.45, 7) is 6.34. The topological polar surface area (TPSA) is 53.4 Å². The first kappa shape index (κ1) is 14.0. The van der Waals surface area contributed by atoms with E-state index in [1.165, 1.54) is 5.69 Å². The lowest BCUT2D eigenvalue weighted by Crippen LogP contribution is -2.21. The Labute approximate surface area is 119 Å². The van der Waals surface area contributed by atoms with Crippen LogP contribution in [0.4, 0.5) is 11.5 Å². The lowest BCUT2D eigenvalue weighted by Gasteiger charge is -2.20. The third-order valence-corrected chi connectivity index (χ3v) is 2.98. The molecule has 2 aromatic rings. The maximum Gasteiger partial charge on any atom is 0.164 e. The van der Waals surface area contributed by atoms with Crippen molar-refractivity contribution in [2.45, 2.75) is 13.8 Å². The monoisotopic (exact) mass is 269 g/mol. The van der Waals surface area contributed by atoms with Crippen LogP contribution in [0.1, 0.15) is 19.4 Å². The second-order valence-electron chi connectivity index (χ2n) is 4.22. The third-order valence-electron chi connectivity index (χ3n) is 2.98. The Morgan fingerprint density at radius 2 is 1.90 bits per heavy atom. The largest absolute Gasteiger partial charge is 0.372 e. The average Bonchev–Trinajstić information content (AvgIpc) is 2.51. The molecule has 20 heavy (non-hydrogen) atoms. The zero-order chi connectivity index (χ0) is 14.2. The molecule has 0 fully saturated rings. The Morgan fingerprint density at radius 3 is 2.50 bits per heavy atom. The van der Waals surface area contributed by atoms with Crippen LogP contribution >= 0.6 is 0 Å². The van der Waals surface area contributed by atoms with E-state index in [9.17, 15) is 0 Å². The molecule has 0 atom stereocenters. The van der Waals surface area contributed by atoms with Crippen LogP contribution in [0, 0.1) is 0 Å². The van der Waals surface area contributed by atoms with Crippen molar-refractivity contribution < 1.29 is 0 Å². The molecule has 0 bridgehead atoms. The molecular weight excluding hydrogens is 250 g/mol. The number of hydrogen-bond acceptors (Lipinski definition) is 5. The lowest BCUT2D eigenvalue weighted by atomic mass is 10.2. The van der Waals surface area contributed by atoms with Crippen molar-refractivity contribution in [1.29, 1.82) is 0 Å². The third kappa shape index (κ3) is 3.78. The van der Waals surface area contributed by atoms with Crippen LogP contribution in [0.25, 0.3) is 0 Å². The highest BCUT2D eigenvalue weighted by atomic mass is 15.3. The van der Waals surface area contributed by atoms with Gasteiger partial charge in [-0.05, 0) is 31.5 Å². The van der Waals surface area contributed by atoms with Crippen LogP contribution < -0.4 is 10.3 Å². The molecule has 0 unspecified atom stereocenters. The van der Waals surface area contributed by atoms with Crippen molar-refractivity contribution in [3.8, 4) is 0 Å². The Kier molecular flexibility index (Phi) is 5.06. The van der Waals surface area contributed by atoms with Gasteiger partial charge in [-0.15, -0.1) is 0 Å². The van der Waals surface area contributed by atoms with Crippen molar-refractivity contribution in [1.82, 2.24) is 9.97 Å². The SMILES string of the molecule is CCN(CC)c1ccc(/C=N/Nc2cnccn2)cc1. The highest BCUT2D eigenvalue weighted by Gasteiger charge is 2.00. The van der Waals surface area contributed by atoms with Gasteiger partial charge in [-0.3, -0.25) is 10.4 Å². The molecule has 0 spiro atoms. The van der Waals surface area contributed by atoms with Gasteiger partial charge in [0.15, 0.2) is 5.82 Å². The van der Waals surface area contributed by atoms with Gasteiger partial charge in [-0.2, -0.15) is 5.10 Å². The van der Waals surface area contributed by atoms with Gasteiger partial charge in [-0.25, -0.2) is 4.98 Å². The molecular formula is C15H19N5. The quantitative estimate of drug-likeness (QED) is 0.647. The minimum atomic E-state index is 0.628. The van der Waals surface area contributed by atoms with Crippen LogP contribution in [0.3, 0.4) is 0 Å². The van der Waals surface area contributed by atoms with Crippen molar-refractivity contribution in [2.24, 2.45) is 5.10 Å². The highest BCUT2D eigenvalue weighted by Crippen LogP contribution is 2.14. The molecule has 0 saturated carbocycles. The first-order valence-corrected chi connectivity index (χ1v) is 6.73. The predicted octanol–water partition coefficient (Wildman–Crippen LogP) is 2.77. The number of nitrogens with zero attached hydrogens (tertiary/aromatic N) is 4. The predicted molar refractivity (Wildman–Crippen MR) is 83.3 cm³/mol. The van der Waals surface area contributed by atoms with Gasteiger partial charge >= 0.3 is 0 Å². The van der Waals surface area contributed by atoms with E-state index in [0.29, 0.717) is 5.82 Å². The molecule has 0 amide bonds. The summed E-state index contributed by atoms with van der Waals surface area (Å²) in [4.78, 5) is 10.3. The Hall–Kier alpha value is -2.43. The molecule has 0 aliphatic carbocycles. The van der Waals surface area contributed by atoms with E-state index in [1.807, 2.05) is 0 Å². The summed E-state index contributed by atoms with van der Waals surface area (Å²) in [6, 6.07) is 8.32. The maximum absolute atomic E-state index is 4.14. The Balaban J connectivity index is 1.97. The Bertz CT molecular complexity index is 532. The van der Waals surface area contributed by atoms with Crippen LogP contribution in [0.2, 0.25) is 0 Å². The number of hydrogen-bond donors (Lipinski definition) is 1. The molecule has 1 N–H and O–H groups in total. The van der Waals surface area contributed by atoms with Gasteiger partial charge < -0.3 is 4.90 Å². The molecule has 1 heterocycles. The molecule has 0 aliphatic heterocycles. The fourth-order valence-corrected chi connectivity index (χ4v) is 1.89. The summed E-state index contributed by atoms with van der Waals surface area (Å²) in [5.41, 5.74) is 5.11. The number of aromatic nitrogens is 2. The fourth-order valence-electron chi connectivity index (χ4n) is 1.89. The molecule has 0 saturated heterocycles. The zero-order valence-corrected chi connectivity index (χ0v) is 11.8. The van der Waals surface area contributed by atoms with E-state index in [1.54, 1.807) is 24.8 Å². The maximum atomic E-state index is 4.14. The molecule has 5 nitrogen and oxygen atoms in total. The molecule has 0 aliphatic rings. The fraction of sp³-hybridized carbons (Fsp3) is 0.267. The molecule has 1 aromatic carbocycles. The van der Waals surface area contributed by atoms with Crippen LogP contribution in [0.15, 0.2) is 48.0 Å². The molecule has 0 radical (unpaired) electrons. The summed E-state index contributed by atoms with van der Waals surface area (Å²) in [5.74, 6) is 0.628. The van der Waals surface area contributed by atoms with E-state index in [0.717, 1.165) is 18.7 Å². The van der Waals surface area contributed by atoms with Crippen LogP contribution in [-0.2, 0) is 0 Å². The number of anilines is 2. The highest BCUT2D eigenvalue weighted by molar-refractivity contribution is 5.80. The van der Waals surface area contributed by atoms with Gasteiger partial charge in [0, 0.05) is 31.2 Å². The van der Waals surface area contributed by atoms with E-state index in [4.69, 9.17) is 0 Å². The van der Waals surface area contributed by atoms with Gasteiger partial charge in [0.2, 0.25) is 0 Å². The van der Waals surface area contributed by atoms with Gasteiger partial charge in [0.05, 0.1) is 12.4 Å². The zero-order valence-electron chi connectivity index (χ0n) is 11.8. The molecule has 1 aromatic heterocycles. The molecule has 104 valence electrons. The summed E-state index contributed by atoms with van der Waals surface area (Å²) in [6.07, 6.45) is 6.64. The van der Waals surface area contributed by atoms with Crippen LogP contribution in [0.5, 0.6) is 0 Å². The minimum Gasteiger partial charge on any atom is -0.372 e. The number of hydrazone groups is 1. The molecule has 2 rings (SSSR count). The van der Waals surface area contributed by atoms with Crippen molar-refractivity contribution >= 4 is 17.7 Å². The van der Waals surface area contributed by atoms with Crippen LogP contribution in [-0.4, -0.2) is 29.3 Å². The van der Waals surface area contributed by atoms with Crippen molar-refractivity contribution in [2.75, 3.05) is 23.4 Å². The van der Waals surface area contributed by atoms with E-state index < -0.39 is 0 Å². The van der Waals surface area contributed by atoms with Gasteiger partial charge in [-0.1, -0.05) is 12.1 Å². The number of rotatable bonds is 6. The number of nitrogens with one attached hydrogen (secondary N) is 1. The van der Waals surface area contributed by atoms with E-state index >= 15 is 0 Å². The number of benzene rings is 1. The first-order valence-electron chi connectivity index (χ1n) is 6.73. The van der Waals surface area contributed by atoms with Gasteiger partial charge in [0.25, 0.3) is 0 Å². The lowest BCUT2D eigenvalue weighted by molar-refractivity contribution is 0.866. The van der Waals surface area contributed by atoms with E-state index in [-0.39, 0.29) is 0 Å². The average molecular weight is 269 g/mol. The minimum absolute atomic E-state index is 0.628. The second kappa shape index (κ2) is 7.23. The summed E-state index contributed by atoms with van der Waals surface area (Å²) in [7, 11) is 0. The standard InChI is InChI=1S/C15H19N5/c1-3-20(4-2)14-7-5-13(6-8-14)11-18-19-15-12-16-9-10-17-15/h5-12H,3-4H2,1-2H3,(H,17,19)/b18-11+. The second-order valence-corrected chi connectivity index (χ2v) is 4.22. The van der Waals surface area contributed by atoms with Gasteiger partial charge in [0.1, 0.15) is 0 Å². The molecule has 5 heteroatoms. The van der Waals surface area contributed by atoms with Crippen molar-refractivity contribution in [3.63, 3.8) is 0 Å². The normalized spacial score (nSPS) is 10.7. The first-order chi connectivity index (χ1) is 9.83. The summed E-state index contributed by atoms with van der Waals surface area (Å²) in [5, 5.41) is 4.14. The Morgan fingerprint density at radius 1 is 1.15 bits per heavy atom. The summed E-state index contributed by atoms with van der Waals surface area (Å²) >= 11 is 0. The van der Waals surface area contributed by atoms with E-state index in [2.05, 4.69) is 63.5 Å². The smallest absolute Gasteiger partial charge is 0.164 e. The summed E-state index contributed by atoms with van der Waals surface area (Å²) < 4.78 is 0. The van der Waals surface area contributed by atoms with Crippen molar-refractivity contribution in [3.05, 3.63) is 48.4 Å².